The first kappa shape index (κ1) is 14.3. The van der Waals surface area contributed by atoms with Crippen molar-refractivity contribution in [1.29, 1.82) is 0 Å². The van der Waals surface area contributed by atoms with Crippen LogP contribution in [-0.4, -0.2) is 41.0 Å². The monoisotopic (exact) mass is 312 g/mol. The van der Waals surface area contributed by atoms with Gasteiger partial charge in [-0.25, -0.2) is 4.98 Å². The molecule has 0 bridgehead atoms. The van der Waals surface area contributed by atoms with Crippen LogP contribution < -0.4 is 0 Å². The smallest absolute Gasteiger partial charge is 0.177 e. The summed E-state index contributed by atoms with van der Waals surface area (Å²) in [6.07, 6.45) is 3.48. The summed E-state index contributed by atoms with van der Waals surface area (Å²) in [6, 6.07) is 4.19. The van der Waals surface area contributed by atoms with Crippen molar-refractivity contribution in [2.45, 2.75) is 51.8 Å². The van der Waals surface area contributed by atoms with Gasteiger partial charge in [-0.1, -0.05) is 0 Å². The van der Waals surface area contributed by atoms with E-state index in [-0.39, 0.29) is 0 Å². The predicted octanol–water partition coefficient (Wildman–Crippen LogP) is 1.58. The van der Waals surface area contributed by atoms with E-state index < -0.39 is 6.10 Å². The van der Waals surface area contributed by atoms with Crippen molar-refractivity contribution in [2.24, 2.45) is 0 Å². The van der Waals surface area contributed by atoms with E-state index in [0.29, 0.717) is 19.0 Å². The molecule has 3 aromatic rings. The Labute approximate surface area is 134 Å². The van der Waals surface area contributed by atoms with Gasteiger partial charge < -0.3 is 9.67 Å². The molecule has 1 unspecified atom stereocenters. The minimum absolute atomic E-state index is 0.338. The van der Waals surface area contributed by atoms with E-state index in [1.54, 1.807) is 6.33 Å². The Morgan fingerprint density at radius 2 is 2.00 bits per heavy atom. The lowest BCUT2D eigenvalue weighted by Gasteiger charge is -2.11. The van der Waals surface area contributed by atoms with Crippen LogP contribution in [0.1, 0.15) is 35.7 Å². The Kier molecular flexibility index (Phi) is 3.37. The molecule has 1 aliphatic rings. The number of imidazole rings is 1. The first-order valence-corrected chi connectivity index (χ1v) is 7.98. The fourth-order valence-electron chi connectivity index (χ4n) is 2.77. The zero-order valence-corrected chi connectivity index (χ0v) is 13.3. The molecule has 0 aliphatic heterocycles. The van der Waals surface area contributed by atoms with Crippen LogP contribution in [0.2, 0.25) is 0 Å². The van der Waals surface area contributed by atoms with Crippen molar-refractivity contribution in [3.63, 3.8) is 0 Å². The second-order valence-electron chi connectivity index (χ2n) is 6.45. The standard InChI is InChI=1S/C16H20N6O/c1-10-5-14-15(6-11(10)2)21(9-17-14)7-13(23)8-22-19-16(18-20-22)12-3-4-12/h5-6,9,12-13,23H,3-4,7-8H2,1-2H3. The number of hydrogen-bond donors (Lipinski definition) is 1. The predicted molar refractivity (Wildman–Crippen MR) is 85.0 cm³/mol. The van der Waals surface area contributed by atoms with Gasteiger partial charge in [0, 0.05) is 5.92 Å². The lowest BCUT2D eigenvalue weighted by molar-refractivity contribution is 0.125. The Morgan fingerprint density at radius 1 is 1.22 bits per heavy atom. The number of benzene rings is 1. The molecule has 0 amide bonds. The number of hydrogen-bond acceptors (Lipinski definition) is 5. The number of nitrogens with zero attached hydrogens (tertiary/aromatic N) is 6. The molecule has 0 spiro atoms. The van der Waals surface area contributed by atoms with Crippen LogP contribution >= 0.6 is 0 Å². The van der Waals surface area contributed by atoms with Gasteiger partial charge in [-0.3, -0.25) is 0 Å². The summed E-state index contributed by atoms with van der Waals surface area (Å²) >= 11 is 0. The fourth-order valence-corrected chi connectivity index (χ4v) is 2.77. The van der Waals surface area contributed by atoms with E-state index >= 15 is 0 Å². The second-order valence-corrected chi connectivity index (χ2v) is 6.45. The number of aryl methyl sites for hydroxylation is 2. The molecule has 2 heterocycles. The van der Waals surface area contributed by atoms with Gasteiger partial charge >= 0.3 is 0 Å². The van der Waals surface area contributed by atoms with Crippen LogP contribution in [0.25, 0.3) is 11.0 Å². The first-order valence-electron chi connectivity index (χ1n) is 7.98. The van der Waals surface area contributed by atoms with Gasteiger partial charge in [-0.2, -0.15) is 4.80 Å². The SMILES string of the molecule is Cc1cc2ncn(CC(O)Cn3nnc(C4CC4)n3)c2cc1C. The van der Waals surface area contributed by atoms with E-state index in [1.807, 2.05) is 4.57 Å². The Morgan fingerprint density at radius 3 is 2.78 bits per heavy atom. The minimum atomic E-state index is -0.588. The molecule has 1 saturated carbocycles. The molecular formula is C16H20N6O. The Balaban J connectivity index is 1.49. The van der Waals surface area contributed by atoms with Crippen molar-refractivity contribution < 1.29 is 5.11 Å². The number of aromatic nitrogens is 6. The van der Waals surface area contributed by atoms with E-state index in [9.17, 15) is 5.11 Å². The Hall–Kier alpha value is -2.28. The van der Waals surface area contributed by atoms with E-state index in [2.05, 4.69) is 46.4 Å². The van der Waals surface area contributed by atoms with Crippen molar-refractivity contribution in [1.82, 2.24) is 29.8 Å². The molecule has 23 heavy (non-hydrogen) atoms. The summed E-state index contributed by atoms with van der Waals surface area (Å²) < 4.78 is 1.98. The summed E-state index contributed by atoms with van der Waals surface area (Å²) in [7, 11) is 0. The maximum Gasteiger partial charge on any atom is 0.177 e. The second kappa shape index (κ2) is 5.42. The lowest BCUT2D eigenvalue weighted by Crippen LogP contribution is -2.23. The topological polar surface area (TPSA) is 81.6 Å². The maximum absolute atomic E-state index is 10.3. The van der Waals surface area contributed by atoms with Crippen molar-refractivity contribution in [2.75, 3.05) is 0 Å². The molecule has 1 fully saturated rings. The molecule has 1 N–H and O–H groups in total. The molecule has 0 radical (unpaired) electrons. The molecule has 7 heteroatoms. The van der Waals surface area contributed by atoms with Crippen molar-refractivity contribution >= 4 is 11.0 Å². The van der Waals surface area contributed by atoms with E-state index in [4.69, 9.17) is 0 Å². The van der Waals surface area contributed by atoms with Crippen molar-refractivity contribution in [3.8, 4) is 0 Å². The molecule has 4 rings (SSSR count). The first-order chi connectivity index (χ1) is 11.1. The molecule has 0 saturated heterocycles. The highest BCUT2D eigenvalue weighted by Gasteiger charge is 2.28. The number of fused-ring (bicyclic) bond motifs is 1. The van der Waals surface area contributed by atoms with Crippen molar-refractivity contribution in [3.05, 3.63) is 35.4 Å². The van der Waals surface area contributed by atoms with Crippen LogP contribution in [-0.2, 0) is 13.1 Å². The summed E-state index contributed by atoms with van der Waals surface area (Å²) in [5.41, 5.74) is 4.44. The molecule has 2 aromatic heterocycles. The van der Waals surface area contributed by atoms with Gasteiger partial charge in [0.1, 0.15) is 0 Å². The zero-order valence-electron chi connectivity index (χ0n) is 13.3. The van der Waals surface area contributed by atoms with Gasteiger partial charge in [0.2, 0.25) is 0 Å². The van der Waals surface area contributed by atoms with E-state index in [1.165, 1.54) is 15.9 Å². The third-order valence-electron chi connectivity index (χ3n) is 4.43. The van der Waals surface area contributed by atoms with Gasteiger partial charge in [0.05, 0.1) is 36.6 Å². The molecular weight excluding hydrogens is 292 g/mol. The van der Waals surface area contributed by atoms with Gasteiger partial charge in [-0.15, -0.1) is 10.2 Å². The third kappa shape index (κ3) is 2.84. The van der Waals surface area contributed by atoms with Crippen LogP contribution in [0.5, 0.6) is 0 Å². The fraction of sp³-hybridized carbons (Fsp3) is 0.500. The highest BCUT2D eigenvalue weighted by molar-refractivity contribution is 5.77. The van der Waals surface area contributed by atoms with E-state index in [0.717, 1.165) is 29.7 Å². The highest BCUT2D eigenvalue weighted by Crippen LogP contribution is 2.37. The van der Waals surface area contributed by atoms with Gasteiger partial charge in [0.25, 0.3) is 0 Å². The summed E-state index contributed by atoms with van der Waals surface area (Å²) in [5, 5.41) is 22.8. The summed E-state index contributed by atoms with van der Waals surface area (Å²) in [6.45, 7) is 4.96. The average Bonchev–Trinajstić information content (AvgIpc) is 3.16. The zero-order chi connectivity index (χ0) is 16.0. The van der Waals surface area contributed by atoms with Gasteiger partial charge in [-0.05, 0) is 55.2 Å². The van der Waals surface area contributed by atoms with Crippen LogP contribution in [0.15, 0.2) is 18.5 Å². The maximum atomic E-state index is 10.3. The average molecular weight is 312 g/mol. The molecule has 1 aliphatic carbocycles. The van der Waals surface area contributed by atoms with Crippen LogP contribution in [0, 0.1) is 13.8 Å². The normalized spacial score (nSPS) is 16.1. The molecule has 1 atom stereocenters. The number of aliphatic hydroxyl groups excluding tert-OH is 1. The minimum Gasteiger partial charge on any atom is -0.389 e. The lowest BCUT2D eigenvalue weighted by atomic mass is 10.1. The largest absolute Gasteiger partial charge is 0.389 e. The highest BCUT2D eigenvalue weighted by atomic mass is 16.3. The number of tetrazole rings is 1. The van der Waals surface area contributed by atoms with Gasteiger partial charge in [0.15, 0.2) is 5.82 Å². The quantitative estimate of drug-likeness (QED) is 0.773. The molecule has 7 nitrogen and oxygen atoms in total. The number of rotatable bonds is 5. The van der Waals surface area contributed by atoms with Crippen LogP contribution in [0.3, 0.4) is 0 Å². The summed E-state index contributed by atoms with van der Waals surface area (Å²) in [5.74, 6) is 1.28. The molecule has 120 valence electrons. The molecule has 1 aromatic carbocycles. The summed E-state index contributed by atoms with van der Waals surface area (Å²) in [4.78, 5) is 5.91. The number of aliphatic hydroxyl groups is 1. The Bertz CT molecular complexity index is 847. The third-order valence-corrected chi connectivity index (χ3v) is 4.43. The van der Waals surface area contributed by atoms with Crippen LogP contribution in [0.4, 0.5) is 0 Å².